The molecule has 0 radical (unpaired) electrons. The molecule has 0 heterocycles. The van der Waals surface area contributed by atoms with Crippen LogP contribution in [0.15, 0.2) is 72.8 Å². The molecule has 0 saturated heterocycles. The van der Waals surface area contributed by atoms with Crippen molar-refractivity contribution in [3.8, 4) is 17.2 Å². The molecule has 0 bridgehead atoms. The molecule has 0 aromatic heterocycles. The van der Waals surface area contributed by atoms with Crippen molar-refractivity contribution < 1.29 is 14.3 Å². The smallest absolute Gasteiger partial charge is 0.343 e. The van der Waals surface area contributed by atoms with E-state index in [-0.39, 0.29) is 0 Å². The van der Waals surface area contributed by atoms with E-state index in [0.717, 1.165) is 0 Å². The van der Waals surface area contributed by atoms with E-state index in [1.807, 2.05) is 6.07 Å². The number of rotatable bonds is 4. The number of hydrogen-bond acceptors (Lipinski definition) is 3. The highest BCUT2D eigenvalue weighted by Gasteiger charge is 2.08. The fraction of sp³-hybridized carbons (Fsp3) is 0. The predicted molar refractivity (Wildman–Crippen MR) is 94.4 cm³/mol. The lowest BCUT2D eigenvalue weighted by Crippen LogP contribution is -2.07. The molecule has 0 N–H and O–H groups in total. The molecule has 0 saturated carbocycles. The summed E-state index contributed by atoms with van der Waals surface area (Å²) in [5.74, 6) is 1.02. The van der Waals surface area contributed by atoms with Crippen molar-refractivity contribution in [3.05, 3.63) is 88.4 Å². The molecule has 3 aromatic carbocycles. The minimum absolute atomic E-state index is 0.415. The largest absolute Gasteiger partial charge is 0.456 e. The summed E-state index contributed by atoms with van der Waals surface area (Å²) in [6, 6.07) is 20.4. The molecule has 0 unspecified atom stereocenters. The van der Waals surface area contributed by atoms with E-state index in [1.165, 1.54) is 0 Å². The third-order valence-electron chi connectivity index (χ3n) is 3.16. The fourth-order valence-electron chi connectivity index (χ4n) is 2.00. The molecule has 3 rings (SSSR count). The van der Waals surface area contributed by atoms with Crippen molar-refractivity contribution >= 4 is 29.2 Å². The molecule has 0 spiro atoms. The molecule has 24 heavy (non-hydrogen) atoms. The highest BCUT2D eigenvalue weighted by molar-refractivity contribution is 6.34. The Hall–Kier alpha value is -2.49. The first-order chi connectivity index (χ1) is 11.6. The topological polar surface area (TPSA) is 35.5 Å². The number of hydrogen-bond donors (Lipinski definition) is 0. The number of carbonyl (C=O) groups excluding carboxylic acids is 1. The van der Waals surface area contributed by atoms with E-state index >= 15 is 0 Å². The lowest BCUT2D eigenvalue weighted by Gasteiger charge is -2.09. The van der Waals surface area contributed by atoms with Crippen molar-refractivity contribution in [2.24, 2.45) is 0 Å². The Morgan fingerprint density at radius 2 is 1.46 bits per heavy atom. The summed E-state index contributed by atoms with van der Waals surface area (Å²) in [6.07, 6.45) is 0. The zero-order chi connectivity index (χ0) is 16.9. The van der Waals surface area contributed by atoms with Crippen molar-refractivity contribution in [2.75, 3.05) is 0 Å². The van der Waals surface area contributed by atoms with Gasteiger partial charge < -0.3 is 9.47 Å². The van der Waals surface area contributed by atoms with Crippen molar-refractivity contribution in [2.45, 2.75) is 0 Å². The van der Waals surface area contributed by atoms with Gasteiger partial charge in [-0.25, -0.2) is 4.79 Å². The van der Waals surface area contributed by atoms with Crippen LogP contribution in [0, 0.1) is 0 Å². The normalized spacial score (nSPS) is 10.2. The Kier molecular flexibility index (Phi) is 5.04. The van der Waals surface area contributed by atoms with Gasteiger partial charge in [0.25, 0.3) is 0 Å². The first-order valence-corrected chi connectivity index (χ1v) is 7.87. The lowest BCUT2D eigenvalue weighted by molar-refractivity contribution is 0.0734. The van der Waals surface area contributed by atoms with Crippen LogP contribution in [0.2, 0.25) is 10.0 Å². The number of carbonyl (C=O) groups is 1. The number of ether oxygens (including phenoxy) is 2. The molecular formula is C19H12Cl2O3. The third-order valence-corrected chi connectivity index (χ3v) is 3.71. The van der Waals surface area contributed by atoms with Gasteiger partial charge in [0.05, 0.1) is 10.6 Å². The highest BCUT2D eigenvalue weighted by atomic mass is 35.5. The van der Waals surface area contributed by atoms with Crippen LogP contribution in [0.4, 0.5) is 0 Å². The maximum atomic E-state index is 12.0. The van der Waals surface area contributed by atoms with Crippen molar-refractivity contribution in [1.29, 1.82) is 0 Å². The summed E-state index contributed by atoms with van der Waals surface area (Å²) >= 11 is 12.0. The van der Waals surface area contributed by atoms with Gasteiger partial charge in [-0.05, 0) is 48.5 Å². The van der Waals surface area contributed by atoms with Crippen LogP contribution in [0.1, 0.15) is 10.4 Å². The molecule has 0 atom stereocenters. The number of halogens is 2. The van der Waals surface area contributed by atoms with Gasteiger partial charge in [-0.3, -0.25) is 0 Å². The first kappa shape index (κ1) is 16.4. The lowest BCUT2D eigenvalue weighted by atomic mass is 10.2. The van der Waals surface area contributed by atoms with E-state index < -0.39 is 5.97 Å². The summed E-state index contributed by atoms with van der Waals surface area (Å²) in [6.45, 7) is 0. The van der Waals surface area contributed by atoms with Crippen LogP contribution < -0.4 is 9.47 Å². The van der Waals surface area contributed by atoms with Crippen LogP contribution >= 0.6 is 23.2 Å². The standard InChI is InChI=1S/C19H12Cl2O3/c20-14-6-11-17(21)18(12-14)23-15-7-9-16(10-8-15)24-19(22)13-4-2-1-3-5-13/h1-12H. The van der Waals surface area contributed by atoms with Crippen LogP contribution in [-0.4, -0.2) is 5.97 Å². The SMILES string of the molecule is O=C(Oc1ccc(Oc2cc(Cl)ccc2Cl)cc1)c1ccccc1. The van der Waals surface area contributed by atoms with Gasteiger partial charge in [0.15, 0.2) is 0 Å². The second-order valence-electron chi connectivity index (χ2n) is 4.90. The Morgan fingerprint density at radius 3 is 2.17 bits per heavy atom. The average molecular weight is 359 g/mol. The van der Waals surface area contributed by atoms with E-state index in [2.05, 4.69) is 0 Å². The predicted octanol–water partition coefficient (Wildman–Crippen LogP) is 6.00. The van der Waals surface area contributed by atoms with Crippen LogP contribution in [0.25, 0.3) is 0 Å². The Bertz CT molecular complexity index is 846. The molecular weight excluding hydrogens is 347 g/mol. The zero-order valence-electron chi connectivity index (χ0n) is 12.4. The summed E-state index contributed by atoms with van der Waals surface area (Å²) in [5.41, 5.74) is 0.489. The number of benzene rings is 3. The summed E-state index contributed by atoms with van der Waals surface area (Å²) in [7, 11) is 0. The molecule has 120 valence electrons. The molecule has 3 aromatic rings. The Morgan fingerprint density at radius 1 is 0.792 bits per heavy atom. The van der Waals surface area contributed by atoms with E-state index in [1.54, 1.807) is 66.7 Å². The second-order valence-corrected chi connectivity index (χ2v) is 5.75. The summed E-state index contributed by atoms with van der Waals surface area (Å²) < 4.78 is 11.0. The molecule has 5 heteroatoms. The third kappa shape index (κ3) is 4.07. The van der Waals surface area contributed by atoms with Gasteiger partial charge >= 0.3 is 5.97 Å². The maximum Gasteiger partial charge on any atom is 0.343 e. The first-order valence-electron chi connectivity index (χ1n) is 7.12. The Balaban J connectivity index is 1.69. The van der Waals surface area contributed by atoms with Crippen LogP contribution in [0.5, 0.6) is 17.2 Å². The van der Waals surface area contributed by atoms with Crippen molar-refractivity contribution in [1.82, 2.24) is 0 Å². The molecule has 3 nitrogen and oxygen atoms in total. The zero-order valence-corrected chi connectivity index (χ0v) is 13.9. The number of esters is 1. The summed E-state index contributed by atoms with van der Waals surface area (Å²) in [4.78, 5) is 12.0. The maximum absolute atomic E-state index is 12.0. The molecule has 0 fully saturated rings. The minimum Gasteiger partial charge on any atom is -0.456 e. The molecule has 0 aliphatic rings. The fourth-order valence-corrected chi connectivity index (χ4v) is 2.32. The van der Waals surface area contributed by atoms with Crippen LogP contribution in [0.3, 0.4) is 0 Å². The van der Waals surface area contributed by atoms with Gasteiger partial charge in [0, 0.05) is 11.1 Å². The second kappa shape index (κ2) is 7.39. The minimum atomic E-state index is -0.415. The van der Waals surface area contributed by atoms with Crippen LogP contribution in [-0.2, 0) is 0 Å². The van der Waals surface area contributed by atoms with Gasteiger partial charge in [0.2, 0.25) is 0 Å². The Labute approximate surface area is 149 Å². The van der Waals surface area contributed by atoms with Gasteiger partial charge in [0.1, 0.15) is 17.2 Å². The highest BCUT2D eigenvalue weighted by Crippen LogP contribution is 2.32. The molecule has 0 aliphatic carbocycles. The van der Waals surface area contributed by atoms with Gasteiger partial charge in [-0.2, -0.15) is 0 Å². The van der Waals surface area contributed by atoms with E-state index in [0.29, 0.717) is 32.9 Å². The van der Waals surface area contributed by atoms with Gasteiger partial charge in [-0.15, -0.1) is 0 Å². The molecule has 0 aliphatic heterocycles. The monoisotopic (exact) mass is 358 g/mol. The van der Waals surface area contributed by atoms with E-state index in [9.17, 15) is 4.79 Å². The summed E-state index contributed by atoms with van der Waals surface area (Å²) in [5, 5.41) is 0.988. The van der Waals surface area contributed by atoms with Crippen molar-refractivity contribution in [3.63, 3.8) is 0 Å². The van der Waals surface area contributed by atoms with Gasteiger partial charge in [-0.1, -0.05) is 41.4 Å². The molecule has 0 amide bonds. The quantitative estimate of drug-likeness (QED) is 0.423. The average Bonchev–Trinajstić information content (AvgIpc) is 2.60. The van der Waals surface area contributed by atoms with E-state index in [4.69, 9.17) is 32.7 Å².